The maximum atomic E-state index is 12.2. The molecule has 10 atom stereocenters. The molecule has 35 heavy (non-hydrogen) atoms. The van der Waals surface area contributed by atoms with E-state index in [1.165, 1.54) is 17.2 Å². The molecule has 0 amide bonds. The Morgan fingerprint density at radius 3 is 2.26 bits per heavy atom. The van der Waals surface area contributed by atoms with E-state index >= 15 is 0 Å². The summed E-state index contributed by atoms with van der Waals surface area (Å²) in [5.74, 6) is 0.0651. The Morgan fingerprint density at radius 1 is 0.914 bits per heavy atom. The van der Waals surface area contributed by atoms with Crippen LogP contribution in [0.1, 0.15) is 6.23 Å². The second-order valence-electron chi connectivity index (χ2n) is 7.87. The molecular formula is C15H21N5O13P2. The molecule has 0 saturated carbocycles. The van der Waals surface area contributed by atoms with Crippen molar-refractivity contribution < 1.29 is 61.8 Å². The molecule has 18 nitrogen and oxygen atoms in total. The monoisotopic (exact) mass is 541 g/mol. The van der Waals surface area contributed by atoms with Gasteiger partial charge >= 0.3 is 15.6 Å². The molecule has 2 aromatic rings. The molecule has 4 bridgehead atoms. The fourth-order valence-corrected chi connectivity index (χ4v) is 6.01. The highest BCUT2D eigenvalue weighted by Crippen LogP contribution is 2.61. The number of hydrogen-bond donors (Lipinski definition) is 6. The Morgan fingerprint density at radius 2 is 1.57 bits per heavy atom. The van der Waals surface area contributed by atoms with Crippen LogP contribution in [0.2, 0.25) is 0 Å². The van der Waals surface area contributed by atoms with Gasteiger partial charge in [0.2, 0.25) is 0 Å². The second kappa shape index (κ2) is 9.04. The van der Waals surface area contributed by atoms with Gasteiger partial charge in [0.15, 0.2) is 24.0 Å². The fraction of sp³-hybridized carbons (Fsp3) is 0.667. The number of fused-ring (bicyclic) bond motifs is 5. The maximum absolute atomic E-state index is 12.2. The largest absolute Gasteiger partial charge is 0.481 e. The van der Waals surface area contributed by atoms with Crippen LogP contribution in [0.4, 0.5) is 5.82 Å². The maximum Gasteiger partial charge on any atom is 0.481 e. The number of imidazole rings is 1. The van der Waals surface area contributed by atoms with Gasteiger partial charge in [-0.2, -0.15) is 4.31 Å². The normalized spacial score (nSPS) is 44.9. The Bertz CT molecular complexity index is 1200. The molecule has 3 aliphatic rings. The number of phosphoric ester groups is 2. The molecule has 0 spiro atoms. The van der Waals surface area contributed by atoms with E-state index in [4.69, 9.17) is 24.5 Å². The van der Waals surface area contributed by atoms with Gasteiger partial charge in [-0.15, -0.1) is 0 Å². The number of ether oxygens (including phenoxy) is 3. The van der Waals surface area contributed by atoms with Crippen molar-refractivity contribution in [2.24, 2.45) is 0 Å². The second-order valence-corrected chi connectivity index (χ2v) is 10.9. The van der Waals surface area contributed by atoms with Crippen molar-refractivity contribution in [3.05, 3.63) is 12.7 Å². The number of phosphoric acid groups is 2. The lowest BCUT2D eigenvalue weighted by atomic mass is 10.1. The van der Waals surface area contributed by atoms with Crippen LogP contribution in [0, 0.1) is 0 Å². The van der Waals surface area contributed by atoms with Crippen molar-refractivity contribution in [2.45, 2.75) is 49.1 Å². The van der Waals surface area contributed by atoms with E-state index in [-0.39, 0.29) is 17.0 Å². The van der Waals surface area contributed by atoms with Crippen LogP contribution >= 0.6 is 15.6 Å². The molecule has 0 aromatic carbocycles. The van der Waals surface area contributed by atoms with Crippen molar-refractivity contribution in [3.8, 4) is 0 Å². The topological polar surface area (TPSA) is 260 Å². The third-order valence-corrected chi connectivity index (χ3v) is 8.20. The van der Waals surface area contributed by atoms with Gasteiger partial charge in [0.05, 0.1) is 19.5 Å². The van der Waals surface area contributed by atoms with Gasteiger partial charge < -0.3 is 45.1 Å². The Hall–Kier alpha value is -1.63. The van der Waals surface area contributed by atoms with E-state index in [0.717, 1.165) is 0 Å². The molecule has 4 unspecified atom stereocenters. The molecule has 3 aliphatic heterocycles. The Balaban J connectivity index is 1.51. The molecule has 20 heteroatoms. The zero-order valence-electron chi connectivity index (χ0n) is 17.5. The van der Waals surface area contributed by atoms with Crippen molar-refractivity contribution in [1.29, 1.82) is 0 Å². The zero-order chi connectivity index (χ0) is 25.1. The predicted octanol–water partition coefficient (Wildman–Crippen LogP) is -2.24. The van der Waals surface area contributed by atoms with Gasteiger partial charge in [-0.25, -0.2) is 24.1 Å². The van der Waals surface area contributed by atoms with Crippen LogP contribution in [0.5, 0.6) is 0 Å². The smallest absolute Gasteiger partial charge is 0.387 e. The Labute approximate surface area is 195 Å². The van der Waals surface area contributed by atoms with Crippen LogP contribution in [0.3, 0.4) is 0 Å². The molecular weight excluding hydrogens is 520 g/mol. The fourth-order valence-electron chi connectivity index (χ4n) is 3.92. The lowest BCUT2D eigenvalue weighted by Gasteiger charge is -2.26. The highest BCUT2D eigenvalue weighted by atomic mass is 31.3. The van der Waals surface area contributed by atoms with Gasteiger partial charge in [0.25, 0.3) is 0 Å². The summed E-state index contributed by atoms with van der Waals surface area (Å²) in [7, 11) is -10.4. The number of nitrogen functional groups attached to an aromatic ring is 1. The van der Waals surface area contributed by atoms with Gasteiger partial charge in [-0.3, -0.25) is 13.6 Å². The highest BCUT2D eigenvalue weighted by Gasteiger charge is 2.53. The first-order valence-corrected chi connectivity index (χ1v) is 13.0. The predicted molar refractivity (Wildman–Crippen MR) is 108 cm³/mol. The van der Waals surface area contributed by atoms with Crippen molar-refractivity contribution in [3.63, 3.8) is 0 Å². The van der Waals surface area contributed by atoms with E-state index in [1.807, 2.05) is 0 Å². The number of nitrogens with two attached hydrogens (primary N) is 1. The highest BCUT2D eigenvalue weighted by molar-refractivity contribution is 7.61. The first-order chi connectivity index (χ1) is 16.5. The van der Waals surface area contributed by atoms with Crippen LogP contribution in [0.25, 0.3) is 11.2 Å². The standard InChI is InChI=1S/C15H21N5O13P2/c16-12-7-13(18-3-17-12)20(4-19-7)14-11-9(22)6(30-14)2-29-35(26,27)33-34(24,25)28-1-5-8(21)10(23)15(31-5)32-11/h3-6,8-11,14-15,21-23H,1-2H2,(H,24,25)(H,26,27)(H2,16,17,18)/t5-,6-,8+,9+,10?,11?,14-,15+/m1/s1. The summed E-state index contributed by atoms with van der Waals surface area (Å²) >= 11 is 0. The summed E-state index contributed by atoms with van der Waals surface area (Å²) in [6.45, 7) is -1.63. The van der Waals surface area contributed by atoms with E-state index in [2.05, 4.69) is 23.8 Å². The lowest BCUT2D eigenvalue weighted by molar-refractivity contribution is -0.219. The van der Waals surface area contributed by atoms with Crippen molar-refractivity contribution >= 4 is 32.6 Å². The SMILES string of the molecule is Nc1ncnc2c1ncn2[C@@H]1O[C@@H]2COP(=O)(O)OP(=O)(O)OC[C@H]3O[C@@H](OC1[C@H]2O)C(O)[C@H]3O. The first-order valence-electron chi connectivity index (χ1n) is 10.1. The number of aliphatic hydroxyl groups is 3. The lowest BCUT2D eigenvalue weighted by Crippen LogP contribution is -2.42. The number of aliphatic hydroxyl groups excluding tert-OH is 3. The number of nitrogens with zero attached hydrogens (tertiary/aromatic N) is 4. The van der Waals surface area contributed by atoms with Gasteiger partial charge in [-0.1, -0.05) is 0 Å². The molecule has 2 aromatic heterocycles. The van der Waals surface area contributed by atoms with E-state index < -0.39 is 78.0 Å². The summed E-state index contributed by atoms with van der Waals surface area (Å²) in [6, 6.07) is 0. The third kappa shape index (κ3) is 4.74. The van der Waals surface area contributed by atoms with Crippen LogP contribution in [-0.2, 0) is 36.7 Å². The van der Waals surface area contributed by atoms with Gasteiger partial charge in [0, 0.05) is 0 Å². The molecule has 194 valence electrons. The van der Waals surface area contributed by atoms with E-state index in [9.17, 15) is 34.2 Å². The molecule has 7 N–H and O–H groups in total. The minimum absolute atomic E-state index is 0.0651. The zero-order valence-corrected chi connectivity index (χ0v) is 19.2. The Kier molecular flexibility index (Phi) is 6.46. The van der Waals surface area contributed by atoms with Crippen LogP contribution < -0.4 is 5.73 Å². The summed E-state index contributed by atoms with van der Waals surface area (Å²) in [5.41, 5.74) is 6.22. The molecule has 3 saturated heterocycles. The van der Waals surface area contributed by atoms with Crippen LogP contribution in [-0.4, -0.2) is 101 Å². The summed E-state index contributed by atoms with van der Waals surface area (Å²) in [4.78, 5) is 31.6. The minimum atomic E-state index is -5.19. The third-order valence-electron chi connectivity index (χ3n) is 5.59. The van der Waals surface area contributed by atoms with Crippen molar-refractivity contribution in [1.82, 2.24) is 19.5 Å². The summed E-state index contributed by atoms with van der Waals surface area (Å²) in [6.07, 6.45) is -9.28. The molecule has 3 fully saturated rings. The van der Waals surface area contributed by atoms with Gasteiger partial charge in [0.1, 0.15) is 48.5 Å². The van der Waals surface area contributed by atoms with Crippen molar-refractivity contribution in [2.75, 3.05) is 18.9 Å². The minimum Gasteiger partial charge on any atom is -0.387 e. The average Bonchev–Trinajstić information content (AvgIpc) is 3.42. The summed E-state index contributed by atoms with van der Waals surface area (Å²) < 4.78 is 56.1. The first kappa shape index (κ1) is 25.0. The number of rotatable bonds is 1. The molecule has 5 rings (SSSR count). The quantitative estimate of drug-likeness (QED) is 0.208. The number of aromatic nitrogens is 4. The number of hydrogen-bond acceptors (Lipinski definition) is 15. The average molecular weight is 541 g/mol. The van der Waals surface area contributed by atoms with Gasteiger partial charge in [-0.05, 0) is 0 Å². The number of anilines is 1. The molecule has 0 radical (unpaired) electrons. The van der Waals surface area contributed by atoms with E-state index in [1.54, 1.807) is 0 Å². The molecule has 5 heterocycles. The molecule has 0 aliphatic carbocycles. The summed E-state index contributed by atoms with van der Waals surface area (Å²) in [5, 5.41) is 31.6. The van der Waals surface area contributed by atoms with Crippen LogP contribution in [0.15, 0.2) is 12.7 Å². The van der Waals surface area contributed by atoms with E-state index in [0.29, 0.717) is 0 Å².